The van der Waals surface area contributed by atoms with Crippen LogP contribution in [0.2, 0.25) is 0 Å². The summed E-state index contributed by atoms with van der Waals surface area (Å²) in [6.07, 6.45) is 0. The normalized spacial score (nSPS) is 14.2. The molecule has 0 saturated carbocycles. The van der Waals surface area contributed by atoms with E-state index < -0.39 is 0 Å². The van der Waals surface area contributed by atoms with E-state index >= 15 is 0 Å². The van der Waals surface area contributed by atoms with Crippen LogP contribution in [0.3, 0.4) is 0 Å². The number of phenols is 2. The van der Waals surface area contributed by atoms with Crippen molar-refractivity contribution in [1.29, 1.82) is 0 Å². The van der Waals surface area contributed by atoms with Crippen molar-refractivity contribution in [1.82, 2.24) is 10.6 Å². The second-order valence-electron chi connectivity index (χ2n) is 5.02. The van der Waals surface area contributed by atoms with E-state index in [0.29, 0.717) is 5.56 Å². The van der Waals surface area contributed by atoms with Gasteiger partial charge in [-0.05, 0) is 45.9 Å². The molecule has 5 heteroatoms. The number of carbonyl (C=O) groups is 1. The molecule has 2 atom stereocenters. The van der Waals surface area contributed by atoms with Gasteiger partial charge in [-0.15, -0.1) is 0 Å². The zero-order valence-electron chi connectivity index (χ0n) is 11.8. The summed E-state index contributed by atoms with van der Waals surface area (Å²) in [5, 5.41) is 25.1. The molecule has 0 saturated heterocycles. The highest BCUT2D eigenvalue weighted by Crippen LogP contribution is 2.27. The highest BCUT2D eigenvalue weighted by molar-refractivity contribution is 5.81. The first-order valence-electron chi connectivity index (χ1n) is 6.39. The van der Waals surface area contributed by atoms with Gasteiger partial charge in [0.1, 0.15) is 11.5 Å². The second kappa shape index (κ2) is 6.43. The Bertz CT molecular complexity index is 446. The molecule has 0 radical (unpaired) electrons. The molecule has 2 unspecified atom stereocenters. The number of benzene rings is 1. The van der Waals surface area contributed by atoms with Crippen molar-refractivity contribution in [2.24, 2.45) is 0 Å². The number of amides is 1. The molecule has 5 nitrogen and oxygen atoms in total. The van der Waals surface area contributed by atoms with E-state index in [1.165, 1.54) is 18.2 Å². The van der Waals surface area contributed by atoms with E-state index in [0.717, 1.165) is 0 Å². The summed E-state index contributed by atoms with van der Waals surface area (Å²) < 4.78 is 0. The lowest BCUT2D eigenvalue weighted by molar-refractivity contribution is -0.123. The predicted molar refractivity (Wildman–Crippen MR) is 74.1 cm³/mol. The molecule has 0 aliphatic heterocycles. The number of nitrogens with one attached hydrogen (secondary N) is 2. The van der Waals surface area contributed by atoms with Crippen molar-refractivity contribution in [3.8, 4) is 11.5 Å². The standard InChI is InChI=1S/C14H22N2O3/c1-8(2)15-14(19)10(4)16-9(3)12-7-11(17)5-6-13(12)18/h5-10,16-18H,1-4H3,(H,15,19). The van der Waals surface area contributed by atoms with Crippen LogP contribution in [0.4, 0.5) is 0 Å². The first-order chi connectivity index (χ1) is 8.81. The Labute approximate surface area is 113 Å². The van der Waals surface area contributed by atoms with Crippen molar-refractivity contribution >= 4 is 5.91 Å². The third-order valence-electron chi connectivity index (χ3n) is 2.80. The quantitative estimate of drug-likeness (QED) is 0.611. The Hall–Kier alpha value is -1.75. The summed E-state index contributed by atoms with van der Waals surface area (Å²) in [4.78, 5) is 11.8. The maximum Gasteiger partial charge on any atom is 0.237 e. The first kappa shape index (κ1) is 15.3. The van der Waals surface area contributed by atoms with Gasteiger partial charge < -0.3 is 15.5 Å². The molecule has 19 heavy (non-hydrogen) atoms. The molecule has 4 N–H and O–H groups in total. The predicted octanol–water partition coefficient (Wildman–Crippen LogP) is 1.66. The lowest BCUT2D eigenvalue weighted by atomic mass is 10.1. The van der Waals surface area contributed by atoms with Crippen LogP contribution in [0.25, 0.3) is 0 Å². The minimum absolute atomic E-state index is 0.0840. The van der Waals surface area contributed by atoms with Crippen LogP contribution in [0, 0.1) is 0 Å². The molecule has 0 fully saturated rings. The van der Waals surface area contributed by atoms with E-state index in [1.54, 1.807) is 6.92 Å². The largest absolute Gasteiger partial charge is 0.508 e. The molecular weight excluding hydrogens is 244 g/mol. The monoisotopic (exact) mass is 266 g/mol. The SMILES string of the molecule is CC(C)NC(=O)C(C)NC(C)c1cc(O)ccc1O. The highest BCUT2D eigenvalue weighted by Gasteiger charge is 2.18. The van der Waals surface area contributed by atoms with Gasteiger partial charge in [0.15, 0.2) is 0 Å². The minimum atomic E-state index is -0.390. The van der Waals surface area contributed by atoms with E-state index in [4.69, 9.17) is 0 Å². The molecule has 106 valence electrons. The Balaban J connectivity index is 2.71. The Morgan fingerprint density at radius 3 is 2.37 bits per heavy atom. The Morgan fingerprint density at radius 2 is 1.79 bits per heavy atom. The summed E-state index contributed by atoms with van der Waals surface area (Å²) in [5.41, 5.74) is 0.559. The highest BCUT2D eigenvalue weighted by atomic mass is 16.3. The van der Waals surface area contributed by atoms with Crippen molar-refractivity contribution in [2.75, 3.05) is 0 Å². The van der Waals surface area contributed by atoms with Crippen LogP contribution >= 0.6 is 0 Å². The molecule has 1 aromatic rings. The maximum atomic E-state index is 11.8. The lowest BCUT2D eigenvalue weighted by Gasteiger charge is -2.21. The fourth-order valence-electron chi connectivity index (χ4n) is 1.84. The van der Waals surface area contributed by atoms with E-state index in [9.17, 15) is 15.0 Å². The van der Waals surface area contributed by atoms with Gasteiger partial charge in [0, 0.05) is 17.6 Å². The van der Waals surface area contributed by atoms with Crippen LogP contribution in [0.5, 0.6) is 11.5 Å². The summed E-state index contributed by atoms with van der Waals surface area (Å²) in [6, 6.07) is 3.78. The van der Waals surface area contributed by atoms with Crippen LogP contribution in [0.15, 0.2) is 18.2 Å². The van der Waals surface area contributed by atoms with Crippen molar-refractivity contribution in [3.63, 3.8) is 0 Å². The van der Waals surface area contributed by atoms with Crippen molar-refractivity contribution in [3.05, 3.63) is 23.8 Å². The Morgan fingerprint density at radius 1 is 1.16 bits per heavy atom. The van der Waals surface area contributed by atoms with Gasteiger partial charge in [-0.3, -0.25) is 10.1 Å². The first-order valence-corrected chi connectivity index (χ1v) is 6.39. The summed E-state index contributed by atoms with van der Waals surface area (Å²) in [6.45, 7) is 7.38. The molecular formula is C14H22N2O3. The molecule has 1 amide bonds. The summed E-state index contributed by atoms with van der Waals surface area (Å²) in [5.74, 6) is 0.0801. The molecule has 1 aromatic carbocycles. The number of rotatable bonds is 5. The molecule has 0 heterocycles. The van der Waals surface area contributed by atoms with Gasteiger partial charge in [0.05, 0.1) is 6.04 Å². The van der Waals surface area contributed by atoms with Crippen LogP contribution in [-0.2, 0) is 4.79 Å². The number of carbonyl (C=O) groups excluding carboxylic acids is 1. The number of phenolic OH excluding ortho intramolecular Hbond substituents is 2. The third-order valence-corrected chi connectivity index (χ3v) is 2.80. The zero-order valence-corrected chi connectivity index (χ0v) is 11.8. The minimum Gasteiger partial charge on any atom is -0.508 e. The molecule has 0 aliphatic carbocycles. The van der Waals surface area contributed by atoms with Gasteiger partial charge in [0.2, 0.25) is 5.91 Å². The van der Waals surface area contributed by atoms with Gasteiger partial charge in [-0.1, -0.05) is 0 Å². The fraction of sp³-hybridized carbons (Fsp3) is 0.500. The second-order valence-corrected chi connectivity index (χ2v) is 5.02. The van der Waals surface area contributed by atoms with E-state index in [2.05, 4.69) is 10.6 Å². The van der Waals surface area contributed by atoms with Gasteiger partial charge in [-0.25, -0.2) is 0 Å². The molecule has 0 spiro atoms. The average Bonchev–Trinajstić information content (AvgIpc) is 2.31. The van der Waals surface area contributed by atoms with Gasteiger partial charge in [0.25, 0.3) is 0 Å². The van der Waals surface area contributed by atoms with Crippen molar-refractivity contribution in [2.45, 2.75) is 45.8 Å². The average molecular weight is 266 g/mol. The lowest BCUT2D eigenvalue weighted by Crippen LogP contribution is -2.45. The van der Waals surface area contributed by atoms with Gasteiger partial charge in [-0.2, -0.15) is 0 Å². The van der Waals surface area contributed by atoms with Crippen LogP contribution < -0.4 is 10.6 Å². The maximum absolute atomic E-state index is 11.8. The van der Waals surface area contributed by atoms with E-state index in [-0.39, 0.29) is 35.5 Å². The number of aromatic hydroxyl groups is 2. The molecule has 0 bridgehead atoms. The zero-order chi connectivity index (χ0) is 14.6. The third kappa shape index (κ3) is 4.44. The molecule has 0 aliphatic rings. The van der Waals surface area contributed by atoms with Gasteiger partial charge >= 0.3 is 0 Å². The fourth-order valence-corrected chi connectivity index (χ4v) is 1.84. The summed E-state index contributed by atoms with van der Waals surface area (Å²) >= 11 is 0. The number of hydrogen-bond acceptors (Lipinski definition) is 4. The molecule has 1 rings (SSSR count). The topological polar surface area (TPSA) is 81.6 Å². The Kier molecular flexibility index (Phi) is 5.18. The summed E-state index contributed by atoms with van der Waals surface area (Å²) in [7, 11) is 0. The molecule has 0 aromatic heterocycles. The van der Waals surface area contributed by atoms with E-state index in [1.807, 2.05) is 20.8 Å². The van der Waals surface area contributed by atoms with Crippen molar-refractivity contribution < 1.29 is 15.0 Å². The van der Waals surface area contributed by atoms with Crippen LogP contribution in [-0.4, -0.2) is 28.2 Å². The van der Waals surface area contributed by atoms with Crippen LogP contribution in [0.1, 0.15) is 39.3 Å². The smallest absolute Gasteiger partial charge is 0.237 e. The number of hydrogen-bond donors (Lipinski definition) is 4.